The van der Waals surface area contributed by atoms with Crippen LogP contribution in [0.25, 0.3) is 21.9 Å². The van der Waals surface area contributed by atoms with E-state index < -0.39 is 213 Å². The molecule has 1 fully saturated rings. The monoisotopic (exact) mass is 8480 g/mol. The van der Waals surface area contributed by atoms with E-state index in [1.807, 2.05) is 18.2 Å². The van der Waals surface area contributed by atoms with Crippen molar-refractivity contribution in [1.29, 1.82) is 0 Å². The number of ether oxygens (including phenoxy) is 1. The van der Waals surface area contributed by atoms with Crippen LogP contribution in [0.5, 0.6) is 11.5 Å². The van der Waals surface area contributed by atoms with Crippen LogP contribution < -0.4 is 42.7 Å². The SMILES string of the molecule is I[I-]I(I)I(I)I(I)I(I)I(I)I(I)I(I)I(I)I(I)I(I)I(I)I(I)I(I)I(I)I.I[I-]I(I)I(I)I(I)I(I)I(I)I(I)I(I)I(I)I(I)I(I)I(I)I(I)I(I)I(I)I(I)I.Nc1noc2cc(O)ccc12.Nc1noc2cc(OCC3CC3)ccc12. The Labute approximate surface area is 964 Å². The number of nitrogen functional groups attached to an aromatic ring is 2. The Kier molecular flexibility index (Phi) is 109. The minimum absolute atomic E-state index is 0.147. The Morgan fingerprint density at radius 1 is 0.378 bits per heavy atom. The van der Waals surface area contributed by atoms with Gasteiger partial charge in [0.05, 0.1) is 17.4 Å². The van der Waals surface area contributed by atoms with Gasteiger partial charge in [-0.15, -0.1) is 0 Å². The third-order valence-corrected chi connectivity index (χ3v) is 4630. The van der Waals surface area contributed by atoms with Crippen LogP contribution >= 0.6 is 843 Å². The number of phenols is 1. The molecule has 1 aliphatic carbocycles. The summed E-state index contributed by atoms with van der Waals surface area (Å²) in [5, 5.41) is 17.8. The van der Waals surface area contributed by atoms with Gasteiger partial charge in [-0.05, 0) is 43.0 Å². The summed E-state index contributed by atoms with van der Waals surface area (Å²) < 4.78 is 15.5. The summed E-state index contributed by atoms with van der Waals surface area (Å²) in [6.07, 6.45) is 2.58. The van der Waals surface area contributed by atoms with Crippen LogP contribution in [0.1, 0.15) is 12.8 Å². The fourth-order valence-electron chi connectivity index (χ4n) is 3.27. The van der Waals surface area contributed by atoms with Crippen LogP contribution in [-0.2, 0) is 0 Å². The van der Waals surface area contributed by atoms with Gasteiger partial charge in [-0.1, -0.05) is 10.3 Å². The van der Waals surface area contributed by atoms with Gasteiger partial charge in [-0.3, -0.25) is 0 Å². The second-order valence-electron chi connectivity index (χ2n) is 11.0. The smallest absolute Gasteiger partial charge is 0.174 e. The zero-order valence-corrected chi connectivity index (χ0v) is 176. The van der Waals surface area contributed by atoms with Crippen LogP contribution in [0.15, 0.2) is 45.4 Å². The molecular weight excluding hydrogens is 8460 g/mol. The van der Waals surface area contributed by atoms with Crippen molar-refractivity contribution in [2.75, 3.05) is 18.1 Å². The Balaban J connectivity index is 0.000000439. The quantitative estimate of drug-likeness (QED) is 0.0412. The van der Waals surface area contributed by atoms with E-state index in [1.165, 1.54) is 25.0 Å². The van der Waals surface area contributed by atoms with Gasteiger partial charge in [0.2, 0.25) is 0 Å². The Bertz CT molecular complexity index is 2630. The summed E-state index contributed by atoms with van der Waals surface area (Å²) in [7, 11) is -13.3. The number of nitrogens with zero attached hydrogens (tertiary/aromatic N) is 2. The molecule has 72 heteroatoms. The first-order valence-electron chi connectivity index (χ1n) is 17.1. The molecule has 0 radical (unpaired) electrons. The van der Waals surface area contributed by atoms with Crippen LogP contribution in [0, 0.1) is 5.92 Å². The van der Waals surface area contributed by atoms with Gasteiger partial charge in [0.25, 0.3) is 0 Å². The minimum atomic E-state index is -0.502. The van der Waals surface area contributed by atoms with Crippen molar-refractivity contribution in [1.82, 2.24) is 10.3 Å². The predicted octanol–water partition coefficient (Wildman–Crippen LogP) is 52.2. The maximum absolute atomic E-state index is 9.01. The summed E-state index contributed by atoms with van der Waals surface area (Å²) in [5.74, 6) is 2.50. The number of anilines is 2. The fraction of sp³-hybridized carbons (Fsp3) is 0.222. The maximum atomic E-state index is 9.01. The number of hydrogen-bond acceptors (Lipinski definition) is 8. The van der Waals surface area contributed by atoms with Crippen molar-refractivity contribution in [3.05, 3.63) is 36.4 Å². The van der Waals surface area contributed by atoms with Gasteiger partial charge in [-0.25, -0.2) is 0 Å². The summed E-state index contributed by atoms with van der Waals surface area (Å²) in [5.41, 5.74) is 12.2. The zero-order valence-electron chi connectivity index (χ0n) is 38.1. The standard InChI is InChI=1S/C11H12N2O2.C7H6N2O2.I33.I31/c12-11-9-4-3-8(5-10(9)15-13-11)14-6-7-1-2-7;8-7-5-2-1-4(10)3-6(5)11-9-7;1-18-20(4)22(6)24(8)26(10)28(12)30(14)32(16)33(17)31(15)29(13)27(11)25(9)23(7)21(5)19(2)3;1-17-19(4)21(6)23(8)25(10)27(12)29(14)31(16)30(15)28(13)26(11)24(9)22(7)20(5)18(2)3/h3-5,7H,1-2,6H2,(H2,12,13);1-3,10H,(H2,8,9);;/q;;2*-1. The van der Waals surface area contributed by atoms with Crippen molar-refractivity contribution >= 4 is 877 Å². The molecule has 0 saturated heterocycles. The molecule has 1 aliphatic rings. The Hall–Kier alpha value is 43.3. The van der Waals surface area contributed by atoms with Crippen LogP contribution in [0.4, 0.5) is 11.6 Å². The number of halogens is 64. The molecule has 584 valence electrons. The Morgan fingerprint density at radius 3 is 0.878 bits per heavy atom. The molecule has 5 rings (SSSR count). The second kappa shape index (κ2) is 75.9. The van der Waals surface area contributed by atoms with E-state index in [4.69, 9.17) is 30.4 Å². The van der Waals surface area contributed by atoms with Crippen molar-refractivity contribution in [3.8, 4) is 11.5 Å². The van der Waals surface area contributed by atoms with Gasteiger partial charge >= 0.3 is 870 Å². The molecule has 0 aliphatic heterocycles. The van der Waals surface area contributed by atoms with E-state index in [-0.39, 0.29) is 21.5 Å². The average Bonchev–Trinajstić information content (AvgIpc) is 3.89. The molecule has 4 aromatic rings. The first-order valence-corrected chi connectivity index (χ1v) is 407. The van der Waals surface area contributed by atoms with Gasteiger partial charge < -0.3 is 30.4 Å². The normalized spacial score (nSPS) is 17.0. The molecule has 90 heavy (non-hydrogen) atoms. The second-order valence-corrected chi connectivity index (χ2v) is 1460. The van der Waals surface area contributed by atoms with Crippen LogP contribution in [-0.4, -0.2) is 22.0 Å². The van der Waals surface area contributed by atoms with Gasteiger partial charge in [-0.2, -0.15) is 0 Å². The van der Waals surface area contributed by atoms with Crippen molar-refractivity contribution < 1.29 is 45.4 Å². The number of aromatic hydroxyl groups is 1. The maximum Gasteiger partial charge on any atom is 0.174 e. The zero-order chi connectivity index (χ0) is 69.3. The molecule has 2 aromatic heterocycles. The summed E-state index contributed by atoms with van der Waals surface area (Å²) >= 11 is 106. The van der Waals surface area contributed by atoms with E-state index >= 15 is 0 Å². The van der Waals surface area contributed by atoms with Crippen molar-refractivity contribution in [2.45, 2.75) is 12.8 Å². The molecule has 5 N–H and O–H groups in total. The number of aromatic nitrogens is 2. The first-order chi connectivity index (χ1) is 41.7. The molecule has 0 amide bonds. The van der Waals surface area contributed by atoms with Crippen molar-refractivity contribution in [2.24, 2.45) is 5.92 Å². The van der Waals surface area contributed by atoms with Gasteiger partial charge in [0, 0.05) is 12.1 Å². The molecule has 1 saturated carbocycles. The van der Waals surface area contributed by atoms with E-state index in [0.717, 1.165) is 29.0 Å². The summed E-state index contributed by atoms with van der Waals surface area (Å²) in [6.45, 7) is 0.801. The van der Waals surface area contributed by atoms with Gasteiger partial charge in [0.1, 0.15) is 11.5 Å². The predicted molar refractivity (Wildman–Crippen MR) is 966 cm³/mol. The summed E-state index contributed by atoms with van der Waals surface area (Å²) in [6, 6.07) is 10.3. The molecule has 0 atom stereocenters. The number of rotatable bonds is 32. The molecule has 2 aromatic carbocycles. The third kappa shape index (κ3) is 51.9. The van der Waals surface area contributed by atoms with E-state index in [1.54, 1.807) is 6.07 Å². The first kappa shape index (κ1) is 129. The molecule has 2 heterocycles. The average molecular weight is 8480 g/mol. The van der Waals surface area contributed by atoms with E-state index in [2.05, 4.69) is 625 Å². The molecule has 0 bridgehead atoms. The van der Waals surface area contributed by atoms with Crippen LogP contribution in [0.2, 0.25) is 0 Å². The van der Waals surface area contributed by atoms with Crippen molar-refractivity contribution in [3.63, 3.8) is 0 Å². The third-order valence-electron chi connectivity index (χ3n) is 6.42. The summed E-state index contributed by atoms with van der Waals surface area (Å²) in [4.78, 5) is 0. The minimum Gasteiger partial charge on any atom is -0.508 e. The fourth-order valence-corrected chi connectivity index (χ4v) is 10900. The van der Waals surface area contributed by atoms with Crippen LogP contribution in [0.3, 0.4) is 0 Å². The van der Waals surface area contributed by atoms with E-state index in [9.17, 15) is 0 Å². The molecule has 0 unspecified atom stereocenters. The largest absolute Gasteiger partial charge is 0.508 e. The Morgan fingerprint density at radius 2 is 0.622 bits per heavy atom. The molecular formula is C18H18I64N4O4-2. The molecule has 8 nitrogen and oxygen atoms in total. The topological polar surface area (TPSA) is 134 Å². The molecule has 0 spiro atoms. The number of hydrogen-bond donors (Lipinski definition) is 3. The number of nitrogens with two attached hydrogens (primary N) is 2. The van der Waals surface area contributed by atoms with E-state index in [0.29, 0.717) is 49.3 Å². The van der Waals surface area contributed by atoms with Gasteiger partial charge in [0.15, 0.2) is 22.8 Å². The number of benzene rings is 2. The number of phenolic OH excluding ortho intramolecular Hbond substituents is 1. The number of fused-ring (bicyclic) bond motifs is 2.